The normalized spacial score (nSPS) is 18.4. The van der Waals surface area contributed by atoms with Crippen molar-refractivity contribution in [2.45, 2.75) is 58.0 Å². The number of rotatable bonds is 8. The van der Waals surface area contributed by atoms with Crippen LogP contribution in [0.5, 0.6) is 5.75 Å². The average molecular weight is 454 g/mol. The van der Waals surface area contributed by atoms with Crippen LogP contribution in [0.25, 0.3) is 0 Å². The molecule has 0 saturated heterocycles. The number of Topliss-reactive ketones (excluding diaryl/α,β-unsaturated/α-hetero) is 1. The van der Waals surface area contributed by atoms with Crippen molar-refractivity contribution in [2.75, 3.05) is 35.4 Å². The first kappa shape index (κ1) is 23.0. The molecule has 0 bridgehead atoms. The Balaban J connectivity index is 1.71. The van der Waals surface area contributed by atoms with Crippen LogP contribution in [0, 0.1) is 0 Å². The summed E-state index contributed by atoms with van der Waals surface area (Å²) in [7, 11) is 1.77. The van der Waals surface area contributed by atoms with Gasteiger partial charge in [-0.15, -0.1) is 0 Å². The van der Waals surface area contributed by atoms with Crippen LogP contribution in [0.4, 0.5) is 23.1 Å². The van der Waals surface area contributed by atoms with E-state index in [9.17, 15) is 14.7 Å². The largest absolute Gasteiger partial charge is 0.489 e. The number of amides is 1. The summed E-state index contributed by atoms with van der Waals surface area (Å²) in [5, 5.41) is 12.4. The van der Waals surface area contributed by atoms with E-state index < -0.39 is 0 Å². The van der Waals surface area contributed by atoms with Gasteiger partial charge in [0.2, 0.25) is 11.9 Å². The van der Waals surface area contributed by atoms with E-state index in [1.807, 2.05) is 6.92 Å². The zero-order valence-electron chi connectivity index (χ0n) is 19.4. The zero-order valence-corrected chi connectivity index (χ0v) is 19.4. The van der Waals surface area contributed by atoms with Gasteiger partial charge in [0.1, 0.15) is 24.1 Å². The number of ketones is 1. The summed E-state index contributed by atoms with van der Waals surface area (Å²) in [6, 6.07) is 5.13. The number of likely N-dealkylation sites (N-methyl/N-ethyl adjacent to an activating group) is 1. The third-order valence-corrected chi connectivity index (χ3v) is 6.40. The summed E-state index contributed by atoms with van der Waals surface area (Å²) < 4.78 is 5.65. The number of fused-ring (bicyclic) bond motifs is 1. The molecule has 1 aromatic heterocycles. The highest BCUT2D eigenvalue weighted by atomic mass is 16.5. The van der Waals surface area contributed by atoms with E-state index in [1.54, 1.807) is 36.3 Å². The Bertz CT molecular complexity index is 1040. The third kappa shape index (κ3) is 4.50. The molecule has 9 heteroatoms. The Morgan fingerprint density at radius 1 is 1.30 bits per heavy atom. The Morgan fingerprint density at radius 2 is 2.06 bits per heavy atom. The van der Waals surface area contributed by atoms with Crippen molar-refractivity contribution >= 4 is 34.8 Å². The number of nitrogens with one attached hydrogen (secondary N) is 1. The minimum Gasteiger partial charge on any atom is -0.489 e. The van der Waals surface area contributed by atoms with E-state index in [-0.39, 0.29) is 37.0 Å². The third-order valence-electron chi connectivity index (χ3n) is 6.40. The van der Waals surface area contributed by atoms with Gasteiger partial charge in [-0.3, -0.25) is 9.59 Å². The number of hydrogen-bond donors (Lipinski definition) is 2. The van der Waals surface area contributed by atoms with Crippen LogP contribution in [0.15, 0.2) is 24.4 Å². The lowest BCUT2D eigenvalue weighted by Gasteiger charge is -2.43. The maximum Gasteiger partial charge on any atom is 0.249 e. The molecule has 1 atom stereocenters. The minimum atomic E-state index is -0.244. The number of hydrogen-bond acceptors (Lipinski definition) is 8. The van der Waals surface area contributed by atoms with Crippen LogP contribution in [-0.4, -0.2) is 59.1 Å². The van der Waals surface area contributed by atoms with Gasteiger partial charge < -0.3 is 25.0 Å². The molecule has 4 rings (SSSR count). The molecule has 9 nitrogen and oxygen atoms in total. The van der Waals surface area contributed by atoms with E-state index in [1.165, 1.54) is 6.92 Å². The second kappa shape index (κ2) is 9.74. The second-order valence-corrected chi connectivity index (χ2v) is 8.53. The first-order valence-corrected chi connectivity index (χ1v) is 11.5. The molecule has 2 heterocycles. The number of carbonyl (C=O) groups is 2. The van der Waals surface area contributed by atoms with Crippen molar-refractivity contribution in [1.29, 1.82) is 0 Å². The van der Waals surface area contributed by atoms with Crippen molar-refractivity contribution in [1.82, 2.24) is 9.97 Å². The quantitative estimate of drug-likeness (QED) is 0.586. The number of benzene rings is 1. The van der Waals surface area contributed by atoms with Gasteiger partial charge in [-0.2, -0.15) is 4.98 Å². The van der Waals surface area contributed by atoms with Crippen molar-refractivity contribution in [2.24, 2.45) is 0 Å². The predicted octanol–water partition coefficient (Wildman–Crippen LogP) is 3.30. The summed E-state index contributed by atoms with van der Waals surface area (Å²) in [6.07, 6.45) is 6.78. The van der Waals surface area contributed by atoms with Crippen LogP contribution in [-0.2, 0) is 4.79 Å². The number of ether oxygens (including phenoxy) is 1. The van der Waals surface area contributed by atoms with E-state index in [0.29, 0.717) is 35.1 Å². The highest BCUT2D eigenvalue weighted by molar-refractivity contribution is 6.04. The molecular weight excluding hydrogens is 422 g/mol. The first-order valence-electron chi connectivity index (χ1n) is 11.5. The lowest BCUT2D eigenvalue weighted by atomic mass is 10.0. The molecule has 1 aliphatic carbocycles. The van der Waals surface area contributed by atoms with E-state index >= 15 is 0 Å². The molecule has 2 aliphatic rings. The van der Waals surface area contributed by atoms with Gasteiger partial charge in [-0.1, -0.05) is 19.8 Å². The second-order valence-electron chi connectivity index (χ2n) is 8.53. The zero-order chi connectivity index (χ0) is 23.5. The smallest absolute Gasteiger partial charge is 0.249 e. The van der Waals surface area contributed by atoms with E-state index in [0.717, 1.165) is 31.5 Å². The van der Waals surface area contributed by atoms with Crippen LogP contribution >= 0.6 is 0 Å². The maximum absolute atomic E-state index is 13.0. The van der Waals surface area contributed by atoms with Gasteiger partial charge in [-0.25, -0.2) is 4.98 Å². The highest BCUT2D eigenvalue weighted by Gasteiger charge is 2.41. The molecule has 1 aliphatic heterocycles. The lowest BCUT2D eigenvalue weighted by molar-refractivity contribution is -0.120. The lowest BCUT2D eigenvalue weighted by Crippen LogP contribution is -2.55. The molecule has 1 aromatic carbocycles. The Kier molecular flexibility index (Phi) is 6.78. The number of nitrogens with zero attached hydrogens (tertiary/aromatic N) is 4. The fourth-order valence-electron chi connectivity index (χ4n) is 4.68. The van der Waals surface area contributed by atoms with Crippen molar-refractivity contribution in [3.63, 3.8) is 0 Å². The van der Waals surface area contributed by atoms with Gasteiger partial charge in [0.25, 0.3) is 0 Å². The summed E-state index contributed by atoms with van der Waals surface area (Å²) in [4.78, 5) is 38.0. The summed E-state index contributed by atoms with van der Waals surface area (Å²) in [6.45, 7) is 3.48. The standard InChI is InChI=1S/C24H31N5O4/c1-4-19-23(32)28(3)20-14-25-24(27-22(20)29(19)17-7-5-6-8-17)26-18-10-9-16(15(2)31)13-21(18)33-12-11-30/h9-10,13-14,17,19,30H,4-8,11-12H2,1-3H3,(H,25,26,27)/t19-/m1/s1. The van der Waals surface area contributed by atoms with Crippen LogP contribution in [0.2, 0.25) is 0 Å². The average Bonchev–Trinajstić information content (AvgIpc) is 3.34. The van der Waals surface area contributed by atoms with Crippen molar-refractivity contribution in [3.8, 4) is 5.75 Å². The fourth-order valence-corrected chi connectivity index (χ4v) is 4.68. The molecular formula is C24H31N5O4. The Morgan fingerprint density at radius 3 is 2.73 bits per heavy atom. The monoisotopic (exact) mass is 453 g/mol. The van der Waals surface area contributed by atoms with E-state index in [2.05, 4.69) is 15.2 Å². The molecule has 33 heavy (non-hydrogen) atoms. The topological polar surface area (TPSA) is 108 Å². The number of aromatic nitrogens is 2. The van der Waals surface area contributed by atoms with Crippen LogP contribution in [0.3, 0.4) is 0 Å². The molecule has 0 radical (unpaired) electrons. The number of anilines is 4. The van der Waals surface area contributed by atoms with Gasteiger partial charge in [0.15, 0.2) is 11.6 Å². The maximum atomic E-state index is 13.0. The fraction of sp³-hybridized carbons (Fsp3) is 0.500. The number of aliphatic hydroxyl groups excluding tert-OH is 1. The summed E-state index contributed by atoms with van der Waals surface area (Å²) >= 11 is 0. The molecule has 2 aromatic rings. The van der Waals surface area contributed by atoms with Crippen molar-refractivity contribution in [3.05, 3.63) is 30.0 Å². The molecule has 1 amide bonds. The molecule has 1 saturated carbocycles. The summed E-state index contributed by atoms with van der Waals surface area (Å²) in [5.74, 6) is 1.56. The Labute approximate surface area is 193 Å². The van der Waals surface area contributed by atoms with Gasteiger partial charge >= 0.3 is 0 Å². The summed E-state index contributed by atoms with van der Waals surface area (Å²) in [5.41, 5.74) is 1.80. The van der Waals surface area contributed by atoms with E-state index in [4.69, 9.17) is 9.72 Å². The number of aliphatic hydroxyl groups is 1. The number of carbonyl (C=O) groups excluding carboxylic acids is 2. The van der Waals surface area contributed by atoms with Crippen LogP contribution in [0.1, 0.15) is 56.3 Å². The van der Waals surface area contributed by atoms with Crippen molar-refractivity contribution < 1.29 is 19.4 Å². The van der Waals surface area contributed by atoms with Gasteiger partial charge in [0, 0.05) is 18.7 Å². The molecule has 1 fully saturated rings. The highest BCUT2D eigenvalue weighted by Crippen LogP contribution is 2.40. The first-order chi connectivity index (χ1) is 15.9. The molecule has 2 N–H and O–H groups in total. The predicted molar refractivity (Wildman–Crippen MR) is 127 cm³/mol. The molecule has 176 valence electrons. The minimum absolute atomic E-state index is 0.0701. The van der Waals surface area contributed by atoms with Gasteiger partial charge in [0.05, 0.1) is 18.5 Å². The van der Waals surface area contributed by atoms with Crippen LogP contribution < -0.4 is 19.9 Å². The SMILES string of the molecule is CC[C@@H]1C(=O)N(C)c2cnc(Nc3ccc(C(C)=O)cc3OCCO)nc2N1C1CCCC1. The molecule has 0 spiro atoms. The van der Waals surface area contributed by atoms with Gasteiger partial charge in [-0.05, 0) is 44.4 Å². The Hall–Kier alpha value is -3.20. The molecule has 0 unspecified atom stereocenters.